The maximum atomic E-state index is 12.5. The number of hydrogen-bond acceptors (Lipinski definition) is 4. The second-order valence-electron chi connectivity index (χ2n) is 8.04. The van der Waals surface area contributed by atoms with Crippen molar-refractivity contribution in [3.05, 3.63) is 29.8 Å². The number of hydrogen-bond donors (Lipinski definition) is 1. The largest absolute Gasteiger partial charge is 0.483 e. The van der Waals surface area contributed by atoms with Gasteiger partial charge in [0.2, 0.25) is 5.91 Å². The van der Waals surface area contributed by atoms with Crippen LogP contribution in [0.2, 0.25) is 0 Å². The van der Waals surface area contributed by atoms with Gasteiger partial charge in [0.1, 0.15) is 5.75 Å². The van der Waals surface area contributed by atoms with E-state index in [2.05, 4.69) is 31.0 Å². The van der Waals surface area contributed by atoms with Gasteiger partial charge in [-0.25, -0.2) is 0 Å². The summed E-state index contributed by atoms with van der Waals surface area (Å²) in [6.45, 7) is 12.3. The zero-order valence-electron chi connectivity index (χ0n) is 17.1. The van der Waals surface area contributed by atoms with E-state index < -0.39 is 0 Å². The third-order valence-electron chi connectivity index (χ3n) is 4.71. The predicted octanol–water partition coefficient (Wildman–Crippen LogP) is 2.03. The normalized spacial score (nSPS) is 15.5. The van der Waals surface area contributed by atoms with Crippen molar-refractivity contribution < 1.29 is 14.3 Å². The lowest BCUT2D eigenvalue weighted by molar-refractivity contribution is -0.135. The van der Waals surface area contributed by atoms with Crippen LogP contribution in [0.5, 0.6) is 5.75 Å². The van der Waals surface area contributed by atoms with Crippen molar-refractivity contribution in [2.24, 2.45) is 0 Å². The van der Waals surface area contributed by atoms with Crippen LogP contribution in [0, 0.1) is 0 Å². The Labute approximate surface area is 162 Å². The number of carbonyl (C=O) groups is 2. The number of rotatable bonds is 7. The van der Waals surface area contributed by atoms with Gasteiger partial charge in [-0.15, -0.1) is 0 Å². The van der Waals surface area contributed by atoms with E-state index in [1.807, 2.05) is 36.1 Å². The highest BCUT2D eigenvalue weighted by Crippen LogP contribution is 2.30. The summed E-state index contributed by atoms with van der Waals surface area (Å²) in [6, 6.07) is 7.88. The van der Waals surface area contributed by atoms with Gasteiger partial charge in [0.15, 0.2) is 6.61 Å². The van der Waals surface area contributed by atoms with E-state index in [9.17, 15) is 9.59 Å². The van der Waals surface area contributed by atoms with Gasteiger partial charge in [0.05, 0.1) is 6.54 Å². The molecule has 0 unspecified atom stereocenters. The van der Waals surface area contributed by atoms with Crippen LogP contribution >= 0.6 is 0 Å². The van der Waals surface area contributed by atoms with Crippen molar-refractivity contribution in [3.63, 3.8) is 0 Å². The standard InChI is InChI=1S/C21H33N3O3/c1-5-10-22-19(25)15-23-11-13-24(14-12-23)20(26)16-27-18-9-7-6-8-17(18)21(2,3)4/h6-9H,5,10-16H2,1-4H3,(H,22,25). The summed E-state index contributed by atoms with van der Waals surface area (Å²) in [7, 11) is 0. The molecule has 0 saturated carbocycles. The Morgan fingerprint density at radius 2 is 1.78 bits per heavy atom. The van der Waals surface area contributed by atoms with Crippen molar-refractivity contribution in [2.75, 3.05) is 45.9 Å². The molecule has 27 heavy (non-hydrogen) atoms. The minimum absolute atomic E-state index is 0.00574. The fourth-order valence-electron chi connectivity index (χ4n) is 3.12. The summed E-state index contributed by atoms with van der Waals surface area (Å²) < 4.78 is 5.85. The van der Waals surface area contributed by atoms with Crippen LogP contribution in [0.4, 0.5) is 0 Å². The van der Waals surface area contributed by atoms with Crippen LogP contribution in [0.1, 0.15) is 39.7 Å². The average molecular weight is 376 g/mol. The van der Waals surface area contributed by atoms with E-state index in [1.165, 1.54) is 0 Å². The molecular formula is C21H33N3O3. The molecule has 1 aliphatic heterocycles. The number of nitrogens with one attached hydrogen (secondary N) is 1. The molecule has 0 aromatic heterocycles. The predicted molar refractivity (Wildman–Crippen MR) is 107 cm³/mol. The molecule has 0 atom stereocenters. The van der Waals surface area contributed by atoms with Crippen molar-refractivity contribution in [2.45, 2.75) is 39.5 Å². The monoisotopic (exact) mass is 375 g/mol. The summed E-state index contributed by atoms with van der Waals surface area (Å²) in [5.41, 5.74) is 1.06. The fraction of sp³-hybridized carbons (Fsp3) is 0.619. The van der Waals surface area contributed by atoms with Crippen LogP contribution in [-0.4, -0.2) is 67.5 Å². The molecule has 0 aliphatic carbocycles. The van der Waals surface area contributed by atoms with Crippen molar-refractivity contribution in [1.29, 1.82) is 0 Å². The van der Waals surface area contributed by atoms with Crippen molar-refractivity contribution in [3.8, 4) is 5.75 Å². The Hall–Kier alpha value is -2.08. The molecule has 1 heterocycles. The molecule has 0 radical (unpaired) electrons. The van der Waals surface area contributed by atoms with E-state index >= 15 is 0 Å². The van der Waals surface area contributed by atoms with Crippen LogP contribution < -0.4 is 10.1 Å². The van der Waals surface area contributed by atoms with Gasteiger partial charge in [-0.2, -0.15) is 0 Å². The SMILES string of the molecule is CCCNC(=O)CN1CCN(C(=O)COc2ccccc2C(C)(C)C)CC1. The van der Waals surface area contributed by atoms with Gasteiger partial charge < -0.3 is 15.0 Å². The molecule has 1 aromatic carbocycles. The number of carbonyl (C=O) groups excluding carboxylic acids is 2. The van der Waals surface area contributed by atoms with Gasteiger partial charge >= 0.3 is 0 Å². The average Bonchev–Trinajstić information content (AvgIpc) is 2.64. The molecule has 1 aromatic rings. The second-order valence-corrected chi connectivity index (χ2v) is 8.04. The molecule has 1 N–H and O–H groups in total. The first-order valence-corrected chi connectivity index (χ1v) is 9.80. The number of piperazine rings is 1. The lowest BCUT2D eigenvalue weighted by atomic mass is 9.86. The van der Waals surface area contributed by atoms with Crippen LogP contribution in [0.25, 0.3) is 0 Å². The molecule has 150 valence electrons. The van der Waals surface area contributed by atoms with Gasteiger partial charge in [0, 0.05) is 32.7 Å². The van der Waals surface area contributed by atoms with Crippen molar-refractivity contribution in [1.82, 2.24) is 15.1 Å². The summed E-state index contributed by atoms with van der Waals surface area (Å²) >= 11 is 0. The van der Waals surface area contributed by atoms with Crippen LogP contribution in [0.3, 0.4) is 0 Å². The molecule has 6 nitrogen and oxygen atoms in total. The Balaban J connectivity index is 1.80. The van der Waals surface area contributed by atoms with Crippen LogP contribution in [-0.2, 0) is 15.0 Å². The van der Waals surface area contributed by atoms with Gasteiger partial charge in [-0.05, 0) is 23.5 Å². The van der Waals surface area contributed by atoms with E-state index in [0.717, 1.165) is 17.7 Å². The van der Waals surface area contributed by atoms with Gasteiger partial charge in [-0.3, -0.25) is 14.5 Å². The van der Waals surface area contributed by atoms with Gasteiger partial charge in [-0.1, -0.05) is 45.9 Å². The first-order chi connectivity index (χ1) is 12.8. The second kappa shape index (κ2) is 9.74. The van der Waals surface area contributed by atoms with Gasteiger partial charge in [0.25, 0.3) is 5.91 Å². The maximum absolute atomic E-state index is 12.5. The third kappa shape index (κ3) is 6.54. The number of benzene rings is 1. The number of nitrogens with zero attached hydrogens (tertiary/aromatic N) is 2. The quantitative estimate of drug-likeness (QED) is 0.792. The Morgan fingerprint density at radius 1 is 1.11 bits per heavy atom. The minimum atomic E-state index is -0.0381. The number of para-hydroxylation sites is 1. The topological polar surface area (TPSA) is 61.9 Å². The summed E-state index contributed by atoms with van der Waals surface area (Å²) in [4.78, 5) is 28.2. The Morgan fingerprint density at radius 3 is 2.41 bits per heavy atom. The molecule has 2 rings (SSSR count). The first kappa shape index (κ1) is 21.2. The minimum Gasteiger partial charge on any atom is -0.483 e. The van der Waals surface area contributed by atoms with E-state index in [4.69, 9.17) is 4.74 Å². The molecule has 0 bridgehead atoms. The molecule has 0 spiro atoms. The maximum Gasteiger partial charge on any atom is 0.260 e. The molecular weight excluding hydrogens is 342 g/mol. The third-order valence-corrected chi connectivity index (χ3v) is 4.71. The highest BCUT2D eigenvalue weighted by Gasteiger charge is 2.24. The fourth-order valence-corrected chi connectivity index (χ4v) is 3.12. The summed E-state index contributed by atoms with van der Waals surface area (Å²) in [5.74, 6) is 0.817. The highest BCUT2D eigenvalue weighted by atomic mass is 16.5. The first-order valence-electron chi connectivity index (χ1n) is 9.80. The smallest absolute Gasteiger partial charge is 0.260 e. The van der Waals surface area contributed by atoms with Crippen molar-refractivity contribution >= 4 is 11.8 Å². The molecule has 2 amide bonds. The van der Waals surface area contributed by atoms with E-state index in [0.29, 0.717) is 39.3 Å². The zero-order valence-corrected chi connectivity index (χ0v) is 17.1. The molecule has 6 heteroatoms. The Bertz CT molecular complexity index is 632. The van der Waals surface area contributed by atoms with E-state index in [-0.39, 0.29) is 23.8 Å². The van der Waals surface area contributed by atoms with E-state index in [1.54, 1.807) is 0 Å². The highest BCUT2D eigenvalue weighted by molar-refractivity contribution is 5.79. The molecule has 1 aliphatic rings. The Kier molecular flexibility index (Phi) is 7.66. The lowest BCUT2D eigenvalue weighted by Gasteiger charge is -2.34. The summed E-state index contributed by atoms with van der Waals surface area (Å²) in [5, 5.41) is 2.89. The lowest BCUT2D eigenvalue weighted by Crippen LogP contribution is -2.52. The summed E-state index contributed by atoms with van der Waals surface area (Å²) in [6.07, 6.45) is 0.937. The zero-order chi connectivity index (χ0) is 19.9. The van der Waals surface area contributed by atoms with Crippen LogP contribution in [0.15, 0.2) is 24.3 Å². The molecule has 1 fully saturated rings. The number of ether oxygens (including phenoxy) is 1. The molecule has 1 saturated heterocycles. The number of amides is 2.